The Morgan fingerprint density at radius 2 is 2.20 bits per heavy atom. The molecule has 0 aliphatic rings. The maximum absolute atomic E-state index is 4.88. The molecule has 0 aliphatic carbocycles. The molecule has 3 nitrogen and oxygen atoms in total. The molecule has 5 heteroatoms. The number of aromatic nitrogens is 2. The molecule has 0 radical (unpaired) electrons. The molecule has 0 spiro atoms. The topological polar surface area (TPSA) is 35.0 Å². The average Bonchev–Trinajstić information content (AvgIpc) is 1.94. The molecule has 1 aromatic heterocycles. The molecular formula is C5H4Br2N2O. The molecule has 0 amide bonds. The highest BCUT2D eigenvalue weighted by atomic mass is 79.9. The summed E-state index contributed by atoms with van der Waals surface area (Å²) in [5.74, 6) is 0.481. The monoisotopic (exact) mass is 266 g/mol. The first-order valence-corrected chi connectivity index (χ1v) is 4.04. The fraction of sp³-hybridized carbons (Fsp3) is 0.200. The molecule has 0 bridgehead atoms. The third-order valence-electron chi connectivity index (χ3n) is 0.863. The Morgan fingerprint density at radius 1 is 1.50 bits per heavy atom. The van der Waals surface area contributed by atoms with E-state index in [1.165, 1.54) is 0 Å². The van der Waals surface area contributed by atoms with Gasteiger partial charge in [0.25, 0.3) is 0 Å². The Balaban J connectivity index is 3.09. The van der Waals surface area contributed by atoms with Gasteiger partial charge in [0.1, 0.15) is 4.60 Å². The van der Waals surface area contributed by atoms with Crippen LogP contribution in [0.5, 0.6) is 5.88 Å². The summed E-state index contributed by atoms with van der Waals surface area (Å²) in [6.07, 6.45) is 1.59. The van der Waals surface area contributed by atoms with Crippen molar-refractivity contribution in [1.82, 2.24) is 9.97 Å². The Morgan fingerprint density at radius 3 is 2.70 bits per heavy atom. The minimum Gasteiger partial charge on any atom is -0.479 e. The van der Waals surface area contributed by atoms with Gasteiger partial charge in [-0.2, -0.15) is 0 Å². The Labute approximate surface area is 75.1 Å². The molecule has 0 unspecified atom stereocenters. The molecule has 1 heterocycles. The Hall–Kier alpha value is -0.160. The minimum absolute atomic E-state index is 0.481. The number of halogens is 2. The predicted molar refractivity (Wildman–Crippen MR) is 44.0 cm³/mol. The number of hydrogen-bond donors (Lipinski definition) is 0. The van der Waals surface area contributed by atoms with Crippen molar-refractivity contribution < 1.29 is 4.74 Å². The van der Waals surface area contributed by atoms with Gasteiger partial charge < -0.3 is 4.74 Å². The average molecular weight is 268 g/mol. The van der Waals surface area contributed by atoms with Crippen LogP contribution in [0.3, 0.4) is 0 Å². The van der Waals surface area contributed by atoms with Gasteiger partial charge >= 0.3 is 0 Å². The number of methoxy groups -OCH3 is 1. The van der Waals surface area contributed by atoms with E-state index in [0.29, 0.717) is 15.1 Å². The molecule has 0 saturated carbocycles. The van der Waals surface area contributed by atoms with Crippen molar-refractivity contribution >= 4 is 31.9 Å². The highest BCUT2D eigenvalue weighted by Crippen LogP contribution is 2.20. The van der Waals surface area contributed by atoms with Gasteiger partial charge in [0.15, 0.2) is 4.60 Å². The zero-order valence-corrected chi connectivity index (χ0v) is 8.31. The predicted octanol–water partition coefficient (Wildman–Crippen LogP) is 2.01. The van der Waals surface area contributed by atoms with E-state index < -0.39 is 0 Å². The van der Waals surface area contributed by atoms with E-state index in [4.69, 9.17) is 4.74 Å². The Bertz CT molecular complexity index is 241. The van der Waals surface area contributed by atoms with E-state index in [1.807, 2.05) is 0 Å². The largest absolute Gasteiger partial charge is 0.479 e. The summed E-state index contributed by atoms with van der Waals surface area (Å²) in [4.78, 5) is 7.91. The van der Waals surface area contributed by atoms with E-state index in [-0.39, 0.29) is 0 Å². The first-order valence-electron chi connectivity index (χ1n) is 2.46. The van der Waals surface area contributed by atoms with Gasteiger partial charge in [0.2, 0.25) is 5.88 Å². The molecule has 1 aromatic rings. The van der Waals surface area contributed by atoms with Crippen LogP contribution in [-0.2, 0) is 0 Å². The van der Waals surface area contributed by atoms with Crippen molar-refractivity contribution in [2.24, 2.45) is 0 Å². The van der Waals surface area contributed by atoms with Crippen LogP contribution in [0.25, 0.3) is 0 Å². The first-order chi connectivity index (χ1) is 4.74. The lowest BCUT2D eigenvalue weighted by Gasteiger charge is -1.99. The summed E-state index contributed by atoms with van der Waals surface area (Å²) >= 11 is 6.33. The molecule has 54 valence electrons. The second-order valence-corrected chi connectivity index (χ2v) is 3.06. The second-order valence-electron chi connectivity index (χ2n) is 1.49. The van der Waals surface area contributed by atoms with E-state index in [9.17, 15) is 0 Å². The van der Waals surface area contributed by atoms with Crippen molar-refractivity contribution in [1.29, 1.82) is 0 Å². The van der Waals surface area contributed by atoms with E-state index in [1.54, 1.807) is 13.3 Å². The zero-order valence-electron chi connectivity index (χ0n) is 5.14. The molecule has 0 aliphatic heterocycles. The third-order valence-corrected chi connectivity index (χ3v) is 1.79. The number of hydrogen-bond acceptors (Lipinski definition) is 3. The molecule has 0 saturated heterocycles. The van der Waals surface area contributed by atoms with Gasteiger partial charge in [-0.25, -0.2) is 9.97 Å². The fourth-order valence-electron chi connectivity index (χ4n) is 0.467. The van der Waals surface area contributed by atoms with Crippen LogP contribution >= 0.6 is 31.9 Å². The van der Waals surface area contributed by atoms with Crippen LogP contribution in [0, 0.1) is 0 Å². The van der Waals surface area contributed by atoms with E-state index >= 15 is 0 Å². The lowest BCUT2D eigenvalue weighted by atomic mass is 10.7. The van der Waals surface area contributed by atoms with Crippen LogP contribution in [0.4, 0.5) is 0 Å². The maximum atomic E-state index is 4.88. The summed E-state index contributed by atoms with van der Waals surface area (Å²) in [5, 5.41) is 0. The van der Waals surface area contributed by atoms with Gasteiger partial charge in [-0.1, -0.05) is 0 Å². The number of ether oxygens (including phenoxy) is 1. The molecule has 0 atom stereocenters. The van der Waals surface area contributed by atoms with Gasteiger partial charge in [-0.3, -0.25) is 0 Å². The Kier molecular flexibility index (Phi) is 2.62. The zero-order chi connectivity index (χ0) is 7.56. The van der Waals surface area contributed by atoms with Crippen LogP contribution in [-0.4, -0.2) is 17.1 Å². The smallest absolute Gasteiger partial charge is 0.248 e. The molecule has 0 aromatic carbocycles. The van der Waals surface area contributed by atoms with Crippen LogP contribution < -0.4 is 4.74 Å². The summed E-state index contributed by atoms with van der Waals surface area (Å²) in [6.45, 7) is 0. The van der Waals surface area contributed by atoms with Gasteiger partial charge in [0.05, 0.1) is 13.3 Å². The molecule has 0 fully saturated rings. The van der Waals surface area contributed by atoms with Crippen molar-refractivity contribution in [2.45, 2.75) is 0 Å². The van der Waals surface area contributed by atoms with Gasteiger partial charge in [-0.15, -0.1) is 0 Å². The molecular weight excluding hydrogens is 264 g/mol. The van der Waals surface area contributed by atoms with Crippen LogP contribution in [0.1, 0.15) is 0 Å². The van der Waals surface area contributed by atoms with Crippen molar-refractivity contribution in [3.05, 3.63) is 15.4 Å². The minimum atomic E-state index is 0.481. The molecule has 0 N–H and O–H groups in total. The van der Waals surface area contributed by atoms with Crippen molar-refractivity contribution in [2.75, 3.05) is 7.11 Å². The van der Waals surface area contributed by atoms with Crippen LogP contribution in [0.15, 0.2) is 15.4 Å². The summed E-state index contributed by atoms with van der Waals surface area (Å²) < 4.78 is 6.14. The van der Waals surface area contributed by atoms with Crippen molar-refractivity contribution in [3.63, 3.8) is 0 Å². The highest BCUT2D eigenvalue weighted by molar-refractivity contribution is 9.10. The normalized spacial score (nSPS) is 9.50. The molecule has 10 heavy (non-hydrogen) atoms. The summed E-state index contributed by atoms with van der Waals surface area (Å²) in [5.41, 5.74) is 0. The van der Waals surface area contributed by atoms with Crippen LogP contribution in [0.2, 0.25) is 0 Å². The highest BCUT2D eigenvalue weighted by Gasteiger charge is 2.01. The molecule has 1 rings (SSSR count). The quantitative estimate of drug-likeness (QED) is 0.781. The lowest BCUT2D eigenvalue weighted by molar-refractivity contribution is 0.391. The van der Waals surface area contributed by atoms with Gasteiger partial charge in [0, 0.05) is 0 Å². The number of rotatable bonds is 1. The van der Waals surface area contributed by atoms with E-state index in [2.05, 4.69) is 41.8 Å². The fourth-order valence-corrected chi connectivity index (χ4v) is 1.08. The first kappa shape index (κ1) is 7.94. The van der Waals surface area contributed by atoms with Gasteiger partial charge in [-0.05, 0) is 31.9 Å². The SMILES string of the molecule is COc1nc(Br)cnc1Br. The number of nitrogens with zero attached hydrogens (tertiary/aromatic N) is 2. The summed E-state index contributed by atoms with van der Waals surface area (Å²) in [7, 11) is 1.54. The lowest BCUT2D eigenvalue weighted by Crippen LogP contribution is -1.90. The standard InChI is InChI=1S/C5H4Br2N2O/c1-10-5-4(7)8-2-3(6)9-5/h2H,1H3. The van der Waals surface area contributed by atoms with Crippen molar-refractivity contribution in [3.8, 4) is 5.88 Å². The third kappa shape index (κ3) is 1.67. The second kappa shape index (κ2) is 3.30. The summed E-state index contributed by atoms with van der Waals surface area (Å²) in [6, 6.07) is 0. The maximum Gasteiger partial charge on any atom is 0.248 e. The van der Waals surface area contributed by atoms with E-state index in [0.717, 1.165) is 0 Å².